The third-order valence-corrected chi connectivity index (χ3v) is 9.25. The quantitative estimate of drug-likeness (QED) is 0.0883. The number of aromatic amines is 1. The van der Waals surface area contributed by atoms with Crippen molar-refractivity contribution in [3.05, 3.63) is 40.8 Å². The number of nitrogens with two attached hydrogens (primary N) is 1. The first kappa shape index (κ1) is 38.5. The molecule has 266 valence electrons. The smallest absolute Gasteiger partial charge is 0.327 e. The third-order valence-electron chi connectivity index (χ3n) is 6.69. The molecule has 2 aromatic heterocycles. The van der Waals surface area contributed by atoms with Crippen molar-refractivity contribution < 1.29 is 42.6 Å². The van der Waals surface area contributed by atoms with Gasteiger partial charge >= 0.3 is 23.6 Å². The van der Waals surface area contributed by atoms with Crippen LogP contribution in [-0.4, -0.2) is 95.3 Å². The van der Waals surface area contributed by atoms with E-state index in [0.29, 0.717) is 5.75 Å². The number of methoxy groups -OCH3 is 1. The molecule has 0 saturated carbocycles. The van der Waals surface area contributed by atoms with Gasteiger partial charge in [-0.1, -0.05) is 25.1 Å². The Morgan fingerprint density at radius 3 is 2.29 bits per heavy atom. The highest BCUT2D eigenvalue weighted by Gasteiger charge is 2.34. The maximum atomic E-state index is 14.5. The highest BCUT2D eigenvalue weighted by molar-refractivity contribution is 7.61. The molecule has 4 atom stereocenters. The van der Waals surface area contributed by atoms with Crippen LogP contribution in [0.4, 0.5) is 5.82 Å². The number of nitrogens with one attached hydrogen (secondary N) is 2. The number of imidazole rings is 1. The average molecular weight is 695 g/mol. The number of benzene rings is 1. The van der Waals surface area contributed by atoms with Crippen LogP contribution >= 0.6 is 7.29 Å². The van der Waals surface area contributed by atoms with E-state index in [4.69, 9.17) is 34.2 Å². The lowest BCUT2D eigenvalue weighted by Crippen LogP contribution is -2.38. The van der Waals surface area contributed by atoms with Crippen molar-refractivity contribution >= 4 is 36.2 Å². The second-order valence-corrected chi connectivity index (χ2v) is 14.5. The maximum Gasteiger partial charge on any atom is 0.327 e. The van der Waals surface area contributed by atoms with Crippen molar-refractivity contribution in [1.82, 2.24) is 24.6 Å². The van der Waals surface area contributed by atoms with Gasteiger partial charge in [0.15, 0.2) is 18.8 Å². The van der Waals surface area contributed by atoms with E-state index in [1.54, 1.807) is 58.9 Å². The molecule has 3 rings (SSSR count). The molecule has 17 heteroatoms. The van der Waals surface area contributed by atoms with Gasteiger partial charge in [-0.25, -0.2) is 4.79 Å². The molecule has 0 fully saturated rings. The molecular formula is C31H47N6O10P. The number of fused-ring (bicyclic) bond motifs is 1. The molecule has 4 unspecified atom stereocenters. The first-order valence-electron chi connectivity index (χ1n) is 15.6. The summed E-state index contributed by atoms with van der Waals surface area (Å²) in [5, 5.41) is 2.87. The molecule has 0 saturated heterocycles. The summed E-state index contributed by atoms with van der Waals surface area (Å²) in [7, 11) is -2.14. The molecule has 3 aromatic rings. The highest BCUT2D eigenvalue weighted by atomic mass is 31.2. The van der Waals surface area contributed by atoms with Gasteiger partial charge in [0.2, 0.25) is 0 Å². The fourth-order valence-electron chi connectivity index (χ4n) is 4.52. The predicted molar refractivity (Wildman–Crippen MR) is 178 cm³/mol. The van der Waals surface area contributed by atoms with Crippen LogP contribution in [0.3, 0.4) is 0 Å². The van der Waals surface area contributed by atoms with E-state index in [-0.39, 0.29) is 61.6 Å². The molecule has 0 radical (unpaired) electrons. The number of nitrogen functional groups attached to an aromatic ring is 1. The zero-order valence-corrected chi connectivity index (χ0v) is 29.4. The molecule has 2 heterocycles. The van der Waals surface area contributed by atoms with Crippen LogP contribution in [0.2, 0.25) is 0 Å². The zero-order valence-electron chi connectivity index (χ0n) is 28.5. The van der Waals surface area contributed by atoms with Crippen LogP contribution in [-0.2, 0) is 39.6 Å². The number of rotatable bonds is 20. The molecule has 0 aliphatic carbocycles. The molecular weight excluding hydrogens is 647 g/mol. The van der Waals surface area contributed by atoms with Gasteiger partial charge in [-0.2, -0.15) is 9.97 Å². The van der Waals surface area contributed by atoms with Crippen LogP contribution < -0.4 is 26.0 Å². The molecule has 0 aliphatic heterocycles. The summed E-state index contributed by atoms with van der Waals surface area (Å²) >= 11 is 0. The lowest BCUT2D eigenvalue weighted by atomic mass is 10.2. The molecule has 0 spiro atoms. The summed E-state index contributed by atoms with van der Waals surface area (Å²) in [5.41, 5.74) is 5.91. The Morgan fingerprint density at radius 2 is 1.65 bits per heavy atom. The minimum absolute atomic E-state index is 0.000450. The van der Waals surface area contributed by atoms with Gasteiger partial charge in [0.1, 0.15) is 43.0 Å². The number of anilines is 1. The number of esters is 2. The molecule has 0 amide bonds. The Kier molecular flexibility index (Phi) is 14.4. The van der Waals surface area contributed by atoms with Gasteiger partial charge in [-0.05, 0) is 46.8 Å². The van der Waals surface area contributed by atoms with Crippen molar-refractivity contribution in [2.75, 3.05) is 45.2 Å². The number of hydrogen-bond acceptors (Lipinski definition) is 13. The fourth-order valence-corrected chi connectivity index (χ4v) is 7.10. The van der Waals surface area contributed by atoms with Gasteiger partial charge in [0.25, 0.3) is 0 Å². The summed E-state index contributed by atoms with van der Waals surface area (Å²) in [5.74, 6) is -1.42. The molecule has 1 aromatic carbocycles. The number of H-pyrrole nitrogens is 1. The number of aromatic nitrogens is 4. The van der Waals surface area contributed by atoms with Gasteiger partial charge in [-0.3, -0.25) is 19.2 Å². The van der Waals surface area contributed by atoms with Crippen molar-refractivity contribution in [1.29, 1.82) is 0 Å². The molecule has 16 nitrogen and oxygen atoms in total. The van der Waals surface area contributed by atoms with E-state index >= 15 is 0 Å². The van der Waals surface area contributed by atoms with Crippen LogP contribution in [0.1, 0.15) is 41.5 Å². The fraction of sp³-hybridized carbons (Fsp3) is 0.581. The average Bonchev–Trinajstić information content (AvgIpc) is 3.33. The van der Waals surface area contributed by atoms with Gasteiger partial charge < -0.3 is 43.7 Å². The van der Waals surface area contributed by atoms with E-state index in [2.05, 4.69) is 20.0 Å². The minimum atomic E-state index is -3.66. The normalized spacial score (nSPS) is 14.8. The van der Waals surface area contributed by atoms with Crippen LogP contribution in [0.5, 0.6) is 11.8 Å². The maximum absolute atomic E-state index is 14.5. The number of para-hydroxylation sites is 1. The zero-order chi connectivity index (χ0) is 35.4. The summed E-state index contributed by atoms with van der Waals surface area (Å²) < 4.78 is 49.1. The summed E-state index contributed by atoms with van der Waals surface area (Å²) in [6, 6.07) is 7.90. The Hall–Kier alpha value is -3.98. The number of hydrogen-bond donors (Lipinski definition) is 3. The SMILES string of the molecule is COCCOc1nc(N)c2[nH]c(=O)n(CC(COc3ccccc3)OCP(=O)(CC(C)C(=O)OC(C)C)NC(C)C(=O)OC(C)C)c2n1. The topological polar surface area (TPSA) is 208 Å². The molecule has 0 aliphatic rings. The minimum Gasteiger partial charge on any atom is -0.491 e. The molecule has 4 N–H and O–H groups in total. The Morgan fingerprint density at radius 1 is 0.979 bits per heavy atom. The monoisotopic (exact) mass is 694 g/mol. The van der Waals surface area contributed by atoms with Gasteiger partial charge in [-0.15, -0.1) is 0 Å². The summed E-state index contributed by atoms with van der Waals surface area (Å²) in [6.45, 7) is 10.2. The number of nitrogens with zero attached hydrogens (tertiary/aromatic N) is 3. The van der Waals surface area contributed by atoms with Gasteiger partial charge in [0, 0.05) is 13.3 Å². The van der Waals surface area contributed by atoms with Crippen LogP contribution in [0.25, 0.3) is 11.2 Å². The second kappa shape index (κ2) is 18.0. The lowest BCUT2D eigenvalue weighted by molar-refractivity contribution is -0.151. The first-order valence-corrected chi connectivity index (χ1v) is 17.7. The van der Waals surface area contributed by atoms with Crippen molar-refractivity contribution in [2.45, 2.75) is 72.4 Å². The lowest BCUT2D eigenvalue weighted by Gasteiger charge is -2.28. The Bertz CT molecular complexity index is 1560. The summed E-state index contributed by atoms with van der Waals surface area (Å²) in [4.78, 5) is 49.6. The van der Waals surface area contributed by atoms with E-state index in [1.165, 1.54) is 18.6 Å². The van der Waals surface area contributed by atoms with Crippen molar-refractivity contribution in [3.8, 4) is 11.8 Å². The predicted octanol–water partition coefficient (Wildman–Crippen LogP) is 2.94. The highest BCUT2D eigenvalue weighted by Crippen LogP contribution is 2.44. The van der Waals surface area contributed by atoms with Crippen molar-refractivity contribution in [3.63, 3.8) is 0 Å². The largest absolute Gasteiger partial charge is 0.491 e. The Balaban J connectivity index is 1.93. The Labute approximate surface area is 279 Å². The van der Waals surface area contributed by atoms with Crippen LogP contribution in [0.15, 0.2) is 35.1 Å². The van der Waals surface area contributed by atoms with Crippen LogP contribution in [0, 0.1) is 5.92 Å². The number of carbonyl (C=O) groups is 2. The standard InChI is InChI=1S/C31H47N6O10P/c1-19(2)46-28(38)21(5)17-48(41,36-22(6)29(39)47-20(3)4)18-45-24(16-44-23-11-9-8-10-12-23)15-37-27-25(33-31(37)40)26(32)34-30(35-27)43-14-13-42-7/h8-12,19-22,24H,13-18H2,1-7H3,(H,33,40)(H,36,41)(H2,32,34,35). The number of ether oxygens (including phenoxy) is 6. The van der Waals surface area contributed by atoms with E-state index in [9.17, 15) is 18.9 Å². The van der Waals surface area contributed by atoms with Gasteiger partial charge in [0.05, 0.1) is 31.3 Å². The molecule has 0 bridgehead atoms. The van der Waals surface area contributed by atoms with E-state index < -0.39 is 55.4 Å². The third kappa shape index (κ3) is 11.6. The second-order valence-electron chi connectivity index (χ2n) is 11.8. The van der Waals surface area contributed by atoms with Crippen molar-refractivity contribution in [2.24, 2.45) is 5.92 Å². The molecule has 48 heavy (non-hydrogen) atoms. The van der Waals surface area contributed by atoms with E-state index in [0.717, 1.165) is 0 Å². The number of carbonyl (C=O) groups excluding carboxylic acids is 2. The first-order chi connectivity index (χ1) is 22.7. The summed E-state index contributed by atoms with van der Waals surface area (Å²) in [6.07, 6.45) is -2.25. The van der Waals surface area contributed by atoms with E-state index in [1.807, 2.05) is 6.07 Å².